The second-order valence-corrected chi connectivity index (χ2v) is 4.59. The summed E-state index contributed by atoms with van der Waals surface area (Å²) in [5.41, 5.74) is 4.30. The van der Waals surface area contributed by atoms with Gasteiger partial charge in [0.05, 0.1) is 6.54 Å². The molecule has 0 saturated carbocycles. The highest BCUT2D eigenvalue weighted by Crippen LogP contribution is 2.23. The highest BCUT2D eigenvalue weighted by molar-refractivity contribution is 9.10. The van der Waals surface area contributed by atoms with Gasteiger partial charge in [-0.25, -0.2) is 0 Å². The number of benzene rings is 1. The molecule has 4 heteroatoms. The maximum Gasteiger partial charge on any atom is 0.148 e. The number of nitrogens with one attached hydrogen (secondary N) is 1. The first-order chi connectivity index (χ1) is 8.79. The van der Waals surface area contributed by atoms with E-state index in [1.54, 1.807) is 0 Å². The summed E-state index contributed by atoms with van der Waals surface area (Å²) in [5, 5.41) is 0. The van der Waals surface area contributed by atoms with Crippen molar-refractivity contribution in [3.63, 3.8) is 0 Å². The minimum atomic E-state index is 0.276. The van der Waals surface area contributed by atoms with E-state index in [9.17, 15) is 0 Å². The number of ether oxygens (including phenoxy) is 1. The summed E-state index contributed by atoms with van der Waals surface area (Å²) in [7, 11) is 0. The van der Waals surface area contributed by atoms with Crippen LogP contribution in [0.15, 0.2) is 47.2 Å². The first kappa shape index (κ1) is 12.6. The van der Waals surface area contributed by atoms with E-state index in [-0.39, 0.29) is 6.61 Å². The van der Waals surface area contributed by atoms with Gasteiger partial charge in [0.25, 0.3) is 0 Å². The molecule has 92 valence electrons. The van der Waals surface area contributed by atoms with Gasteiger partial charge in [-0.05, 0) is 30.3 Å². The average molecular weight is 305 g/mol. The zero-order chi connectivity index (χ0) is 12.8. The van der Waals surface area contributed by atoms with E-state index in [4.69, 9.17) is 11.2 Å². The lowest BCUT2D eigenvalue weighted by molar-refractivity contribution is 0.366. The lowest BCUT2D eigenvalue weighted by atomic mass is 10.2. The molecule has 0 unspecified atom stereocenters. The lowest BCUT2D eigenvalue weighted by Crippen LogP contribution is -2.12. The van der Waals surface area contributed by atoms with Gasteiger partial charge in [0, 0.05) is 22.4 Å². The Morgan fingerprint density at radius 1 is 1.33 bits per heavy atom. The second kappa shape index (κ2) is 6.18. The molecule has 0 radical (unpaired) electrons. The number of nitrogens with zero attached hydrogens (tertiary/aromatic N) is 1. The third-order valence-corrected chi connectivity index (χ3v) is 2.88. The first-order valence-corrected chi connectivity index (χ1v) is 6.30. The van der Waals surface area contributed by atoms with Gasteiger partial charge in [0.15, 0.2) is 0 Å². The molecule has 2 aromatic rings. The maximum atomic E-state index is 5.50. The molecule has 0 spiro atoms. The molecule has 1 N–H and O–H groups in total. The predicted octanol–water partition coefficient (Wildman–Crippen LogP) is 3.01. The minimum Gasteiger partial charge on any atom is -0.481 e. The Bertz CT molecular complexity index is 543. The van der Waals surface area contributed by atoms with Crippen LogP contribution >= 0.6 is 15.9 Å². The van der Waals surface area contributed by atoms with E-state index in [0.717, 1.165) is 15.8 Å². The molecule has 1 aromatic carbocycles. The standard InChI is InChI=1S/C14H13BrN2O/c1-2-9-18-14-6-5-13(15)10-12(14)11-16-17-7-3-4-8-17/h1,3-8,10,16H,9,11H2. The molecule has 0 aliphatic heterocycles. The monoisotopic (exact) mass is 304 g/mol. The highest BCUT2D eigenvalue weighted by Gasteiger charge is 2.04. The topological polar surface area (TPSA) is 26.2 Å². The average Bonchev–Trinajstić information content (AvgIpc) is 2.88. The van der Waals surface area contributed by atoms with Crippen LogP contribution in [0.3, 0.4) is 0 Å². The van der Waals surface area contributed by atoms with E-state index < -0.39 is 0 Å². The highest BCUT2D eigenvalue weighted by atomic mass is 79.9. The molecule has 0 amide bonds. The molecule has 0 bridgehead atoms. The van der Waals surface area contributed by atoms with Crippen LogP contribution in [-0.2, 0) is 6.54 Å². The Kier molecular flexibility index (Phi) is 4.32. The third kappa shape index (κ3) is 3.31. The fraction of sp³-hybridized carbons (Fsp3) is 0.143. The van der Waals surface area contributed by atoms with Crippen LogP contribution in [-0.4, -0.2) is 11.3 Å². The summed E-state index contributed by atoms with van der Waals surface area (Å²) in [6.07, 6.45) is 9.09. The van der Waals surface area contributed by atoms with Crippen molar-refractivity contribution in [3.05, 3.63) is 52.8 Å². The van der Waals surface area contributed by atoms with E-state index >= 15 is 0 Å². The molecule has 0 fully saturated rings. The fourth-order valence-electron chi connectivity index (χ4n) is 1.56. The summed E-state index contributed by atoms with van der Waals surface area (Å²) < 4.78 is 8.41. The van der Waals surface area contributed by atoms with E-state index in [1.165, 1.54) is 0 Å². The summed E-state index contributed by atoms with van der Waals surface area (Å²) in [4.78, 5) is 0. The summed E-state index contributed by atoms with van der Waals surface area (Å²) in [5.74, 6) is 3.27. The van der Waals surface area contributed by atoms with Crippen molar-refractivity contribution in [2.24, 2.45) is 0 Å². The van der Waals surface area contributed by atoms with Gasteiger partial charge in [-0.2, -0.15) is 0 Å². The Morgan fingerprint density at radius 3 is 2.83 bits per heavy atom. The minimum absolute atomic E-state index is 0.276. The van der Waals surface area contributed by atoms with Crippen molar-refractivity contribution in [1.82, 2.24) is 4.68 Å². The van der Waals surface area contributed by atoms with Crippen molar-refractivity contribution in [1.29, 1.82) is 0 Å². The lowest BCUT2D eigenvalue weighted by Gasteiger charge is -2.12. The van der Waals surface area contributed by atoms with Crippen molar-refractivity contribution in [2.45, 2.75) is 6.54 Å². The Labute approximate surface area is 115 Å². The molecule has 0 atom stereocenters. The molecule has 3 nitrogen and oxygen atoms in total. The predicted molar refractivity (Wildman–Crippen MR) is 76.0 cm³/mol. The fourth-order valence-corrected chi connectivity index (χ4v) is 1.97. The van der Waals surface area contributed by atoms with Gasteiger partial charge in [-0.3, -0.25) is 4.68 Å². The smallest absolute Gasteiger partial charge is 0.148 e. The normalized spacial score (nSPS) is 9.78. The van der Waals surface area contributed by atoms with Gasteiger partial charge in [-0.1, -0.05) is 21.9 Å². The Morgan fingerprint density at radius 2 is 2.11 bits per heavy atom. The van der Waals surface area contributed by atoms with E-state index in [0.29, 0.717) is 6.54 Å². The quantitative estimate of drug-likeness (QED) is 0.860. The number of rotatable bonds is 5. The van der Waals surface area contributed by atoms with Crippen molar-refractivity contribution in [2.75, 3.05) is 12.0 Å². The van der Waals surface area contributed by atoms with Crippen molar-refractivity contribution in [3.8, 4) is 18.1 Å². The SMILES string of the molecule is C#CCOc1ccc(Br)cc1CNn1cccc1. The third-order valence-electron chi connectivity index (χ3n) is 2.39. The van der Waals surface area contributed by atoms with Crippen LogP contribution < -0.4 is 10.2 Å². The molecule has 0 aliphatic carbocycles. The number of hydrogen-bond acceptors (Lipinski definition) is 2. The van der Waals surface area contributed by atoms with Gasteiger partial charge in [0.2, 0.25) is 0 Å². The van der Waals surface area contributed by atoms with Crippen LogP contribution in [0, 0.1) is 12.3 Å². The van der Waals surface area contributed by atoms with Crippen LogP contribution in [0.25, 0.3) is 0 Å². The molecular weight excluding hydrogens is 292 g/mol. The van der Waals surface area contributed by atoms with Gasteiger partial charge < -0.3 is 10.2 Å². The molecular formula is C14H13BrN2O. The van der Waals surface area contributed by atoms with Crippen molar-refractivity contribution >= 4 is 15.9 Å². The van der Waals surface area contributed by atoms with Gasteiger partial charge in [0.1, 0.15) is 12.4 Å². The summed E-state index contributed by atoms with van der Waals surface area (Å²) >= 11 is 3.45. The summed E-state index contributed by atoms with van der Waals surface area (Å²) in [6, 6.07) is 9.79. The molecule has 1 aromatic heterocycles. The van der Waals surface area contributed by atoms with E-state index in [1.807, 2.05) is 47.4 Å². The van der Waals surface area contributed by atoms with Gasteiger partial charge in [-0.15, -0.1) is 6.42 Å². The second-order valence-electron chi connectivity index (χ2n) is 3.67. The van der Waals surface area contributed by atoms with Gasteiger partial charge >= 0.3 is 0 Å². The van der Waals surface area contributed by atoms with E-state index in [2.05, 4.69) is 27.3 Å². The van der Waals surface area contributed by atoms with Crippen LogP contribution in [0.4, 0.5) is 0 Å². The largest absolute Gasteiger partial charge is 0.481 e. The zero-order valence-electron chi connectivity index (χ0n) is 9.77. The summed E-state index contributed by atoms with van der Waals surface area (Å²) in [6.45, 7) is 0.937. The molecule has 0 saturated heterocycles. The number of aromatic nitrogens is 1. The number of terminal acetylenes is 1. The maximum absolute atomic E-state index is 5.50. The van der Waals surface area contributed by atoms with Crippen LogP contribution in [0.5, 0.6) is 5.75 Å². The number of hydrogen-bond donors (Lipinski definition) is 1. The van der Waals surface area contributed by atoms with Crippen molar-refractivity contribution < 1.29 is 4.74 Å². The molecule has 18 heavy (non-hydrogen) atoms. The zero-order valence-corrected chi connectivity index (χ0v) is 11.4. The number of halogens is 1. The molecule has 0 aliphatic rings. The first-order valence-electron chi connectivity index (χ1n) is 5.51. The molecule has 2 rings (SSSR count). The Hall–Kier alpha value is -1.86. The molecule has 1 heterocycles. The Balaban J connectivity index is 2.09. The van der Waals surface area contributed by atoms with Crippen LogP contribution in [0.1, 0.15) is 5.56 Å². The van der Waals surface area contributed by atoms with Crippen LogP contribution in [0.2, 0.25) is 0 Å².